The highest BCUT2D eigenvalue weighted by molar-refractivity contribution is 5.71. The second-order valence-corrected chi connectivity index (χ2v) is 20.6. The smallest absolute Gasteiger partial charge is 0.306 e. The van der Waals surface area contributed by atoms with E-state index in [1.807, 2.05) is 0 Å². The first-order chi connectivity index (χ1) is 34.0. The zero-order chi connectivity index (χ0) is 50.0. The molecule has 1 unspecified atom stereocenters. The molecule has 0 rings (SSSR count). The van der Waals surface area contributed by atoms with Crippen LogP contribution in [0, 0.1) is 0 Å². The molecule has 0 aliphatic carbocycles. The molecule has 0 aromatic carbocycles. The second-order valence-electron chi connectivity index (χ2n) is 20.6. The molecule has 0 aliphatic rings. The van der Waals surface area contributed by atoms with Crippen molar-refractivity contribution < 1.29 is 28.6 Å². The number of allylic oxidation sites excluding steroid dienone is 6. The van der Waals surface area contributed by atoms with E-state index in [1.165, 1.54) is 212 Å². The summed E-state index contributed by atoms with van der Waals surface area (Å²) >= 11 is 0. The van der Waals surface area contributed by atoms with E-state index in [0.29, 0.717) is 19.3 Å². The molecule has 0 N–H and O–H groups in total. The van der Waals surface area contributed by atoms with Crippen LogP contribution in [0.4, 0.5) is 0 Å². The highest BCUT2D eigenvalue weighted by Gasteiger charge is 2.19. The average molecular weight is 970 g/mol. The van der Waals surface area contributed by atoms with E-state index in [-0.39, 0.29) is 31.1 Å². The second kappa shape index (κ2) is 58.2. The first kappa shape index (κ1) is 66.6. The minimum absolute atomic E-state index is 0.0742. The average Bonchev–Trinajstić information content (AvgIpc) is 3.35. The van der Waals surface area contributed by atoms with Crippen LogP contribution in [0.1, 0.15) is 329 Å². The van der Waals surface area contributed by atoms with Gasteiger partial charge in [0.25, 0.3) is 0 Å². The van der Waals surface area contributed by atoms with Crippen LogP contribution in [0.25, 0.3) is 0 Å². The Kier molecular flexibility index (Phi) is 56.2. The lowest BCUT2D eigenvalue weighted by molar-refractivity contribution is -0.167. The molecule has 0 spiro atoms. The predicted octanol–water partition coefficient (Wildman–Crippen LogP) is 20.4. The summed E-state index contributed by atoms with van der Waals surface area (Å²) in [5.74, 6) is -0.872. The van der Waals surface area contributed by atoms with Crippen LogP contribution in [0.15, 0.2) is 36.5 Å². The number of hydrogen-bond acceptors (Lipinski definition) is 6. The van der Waals surface area contributed by atoms with Crippen molar-refractivity contribution in [3.05, 3.63) is 36.5 Å². The van der Waals surface area contributed by atoms with Crippen molar-refractivity contribution in [2.75, 3.05) is 13.2 Å². The summed E-state index contributed by atoms with van der Waals surface area (Å²) in [7, 11) is 0. The van der Waals surface area contributed by atoms with Gasteiger partial charge in [-0.05, 0) is 77.0 Å². The Labute approximate surface area is 429 Å². The first-order valence-corrected chi connectivity index (χ1v) is 30.5. The number of unbranched alkanes of at least 4 members (excludes halogenated alkanes) is 39. The van der Waals surface area contributed by atoms with Crippen LogP contribution < -0.4 is 0 Å². The van der Waals surface area contributed by atoms with Crippen molar-refractivity contribution in [1.82, 2.24) is 0 Å². The minimum Gasteiger partial charge on any atom is -0.462 e. The van der Waals surface area contributed by atoms with Gasteiger partial charge in [0.2, 0.25) is 0 Å². The number of esters is 3. The number of ether oxygens (including phenoxy) is 3. The lowest BCUT2D eigenvalue weighted by Gasteiger charge is -2.18. The van der Waals surface area contributed by atoms with Crippen molar-refractivity contribution in [3.8, 4) is 0 Å². The number of rotatable bonds is 56. The Hall–Kier alpha value is -2.37. The molecule has 0 radical (unpaired) electrons. The quantitative estimate of drug-likeness (QED) is 0.0261. The molecule has 0 saturated carbocycles. The van der Waals surface area contributed by atoms with Crippen molar-refractivity contribution in [2.24, 2.45) is 0 Å². The molecule has 0 fully saturated rings. The zero-order valence-corrected chi connectivity index (χ0v) is 46.3. The van der Waals surface area contributed by atoms with Gasteiger partial charge in [0.1, 0.15) is 13.2 Å². The Morgan fingerprint density at radius 1 is 0.290 bits per heavy atom. The van der Waals surface area contributed by atoms with Gasteiger partial charge in [0, 0.05) is 19.3 Å². The SMILES string of the molecule is CCCCC/C=C\CCCCCCCC(=O)OCC(COC(=O)CCCCCCCCCCCCCCCCCCCCCCC)OC(=O)CCCCCCCCC/C=C\C/C=C\CCCCCC. The summed E-state index contributed by atoms with van der Waals surface area (Å²) in [4.78, 5) is 38.2. The molecule has 0 aliphatic heterocycles. The maximum absolute atomic E-state index is 12.9. The van der Waals surface area contributed by atoms with Gasteiger partial charge in [-0.3, -0.25) is 14.4 Å². The number of carbonyl (C=O) groups is 3. The molecule has 6 heteroatoms. The monoisotopic (exact) mass is 969 g/mol. The molecule has 0 aromatic rings. The molecule has 1 atom stereocenters. The summed E-state index contributed by atoms with van der Waals surface area (Å²) in [5.41, 5.74) is 0. The Morgan fingerprint density at radius 3 is 0.855 bits per heavy atom. The lowest BCUT2D eigenvalue weighted by atomic mass is 10.0. The van der Waals surface area contributed by atoms with Gasteiger partial charge in [-0.25, -0.2) is 0 Å². The number of hydrogen-bond donors (Lipinski definition) is 0. The lowest BCUT2D eigenvalue weighted by Crippen LogP contribution is -2.30. The molecule has 404 valence electrons. The molecule has 0 bridgehead atoms. The molecular formula is C63H116O6. The molecular weight excluding hydrogens is 853 g/mol. The van der Waals surface area contributed by atoms with Crippen molar-refractivity contribution in [3.63, 3.8) is 0 Å². The first-order valence-electron chi connectivity index (χ1n) is 30.5. The maximum atomic E-state index is 12.9. The molecule has 69 heavy (non-hydrogen) atoms. The van der Waals surface area contributed by atoms with Crippen LogP contribution in [0.5, 0.6) is 0 Å². The Balaban J connectivity index is 4.29. The van der Waals surface area contributed by atoms with Crippen LogP contribution in [-0.4, -0.2) is 37.2 Å². The van der Waals surface area contributed by atoms with Gasteiger partial charge in [0.15, 0.2) is 6.10 Å². The third kappa shape index (κ3) is 56.4. The molecule has 0 amide bonds. The third-order valence-corrected chi connectivity index (χ3v) is 13.6. The molecule has 6 nitrogen and oxygen atoms in total. The largest absolute Gasteiger partial charge is 0.462 e. The highest BCUT2D eigenvalue weighted by atomic mass is 16.6. The summed E-state index contributed by atoms with van der Waals surface area (Å²) < 4.78 is 16.9. The van der Waals surface area contributed by atoms with Crippen LogP contribution in [-0.2, 0) is 28.6 Å². The van der Waals surface area contributed by atoms with Crippen molar-refractivity contribution >= 4 is 17.9 Å². The van der Waals surface area contributed by atoms with Crippen molar-refractivity contribution in [1.29, 1.82) is 0 Å². The Morgan fingerprint density at radius 2 is 0.522 bits per heavy atom. The summed E-state index contributed by atoms with van der Waals surface area (Å²) in [5, 5.41) is 0. The van der Waals surface area contributed by atoms with Gasteiger partial charge < -0.3 is 14.2 Å². The van der Waals surface area contributed by atoms with E-state index in [1.54, 1.807) is 0 Å². The van der Waals surface area contributed by atoms with Crippen molar-refractivity contribution in [2.45, 2.75) is 335 Å². The maximum Gasteiger partial charge on any atom is 0.306 e. The van der Waals surface area contributed by atoms with E-state index in [9.17, 15) is 14.4 Å². The van der Waals surface area contributed by atoms with Crippen LogP contribution in [0.2, 0.25) is 0 Å². The van der Waals surface area contributed by atoms with E-state index in [2.05, 4.69) is 57.2 Å². The van der Waals surface area contributed by atoms with Gasteiger partial charge >= 0.3 is 17.9 Å². The fourth-order valence-corrected chi connectivity index (χ4v) is 9.00. The Bertz CT molecular complexity index is 1160. The summed E-state index contributed by atoms with van der Waals surface area (Å²) in [6, 6.07) is 0. The van der Waals surface area contributed by atoms with Crippen LogP contribution in [0.3, 0.4) is 0 Å². The fourth-order valence-electron chi connectivity index (χ4n) is 9.00. The molecule has 0 heterocycles. The third-order valence-electron chi connectivity index (χ3n) is 13.6. The van der Waals surface area contributed by atoms with Gasteiger partial charge in [-0.2, -0.15) is 0 Å². The number of carbonyl (C=O) groups excluding carboxylic acids is 3. The van der Waals surface area contributed by atoms with Crippen LogP contribution >= 0.6 is 0 Å². The van der Waals surface area contributed by atoms with Gasteiger partial charge in [-0.15, -0.1) is 0 Å². The summed E-state index contributed by atoms with van der Waals surface area (Å²) in [6.45, 7) is 6.64. The molecule has 0 saturated heterocycles. The topological polar surface area (TPSA) is 78.9 Å². The van der Waals surface area contributed by atoms with E-state index < -0.39 is 6.10 Å². The molecule has 0 aromatic heterocycles. The fraction of sp³-hybridized carbons (Fsp3) is 0.857. The minimum atomic E-state index is -0.777. The van der Waals surface area contributed by atoms with Gasteiger partial charge in [0.05, 0.1) is 0 Å². The highest BCUT2D eigenvalue weighted by Crippen LogP contribution is 2.17. The predicted molar refractivity (Wildman–Crippen MR) is 298 cm³/mol. The van der Waals surface area contributed by atoms with E-state index in [4.69, 9.17) is 14.2 Å². The normalized spacial score (nSPS) is 12.2. The zero-order valence-electron chi connectivity index (χ0n) is 46.3. The standard InChI is InChI=1S/C63H116O6/c1-4-7-10-13-16-19-22-25-27-29-31-32-33-35-36-38-41-44-47-50-53-56-62(65)68-59-60(58-67-61(64)55-52-49-46-43-40-24-21-18-15-12-9-6-3)69-63(66)57-54-51-48-45-42-39-37-34-30-28-26-23-20-17-14-11-8-5-2/h18,20-21,23,28,30,60H,4-17,19,22,24-27,29,31-59H2,1-3H3/b21-18-,23-20-,30-28-. The van der Waals surface area contributed by atoms with E-state index >= 15 is 0 Å². The van der Waals surface area contributed by atoms with Gasteiger partial charge in [-0.1, -0.05) is 269 Å². The van der Waals surface area contributed by atoms with E-state index in [0.717, 1.165) is 77.0 Å². The summed E-state index contributed by atoms with van der Waals surface area (Å²) in [6.07, 6.45) is 70.0.